The van der Waals surface area contributed by atoms with Crippen molar-refractivity contribution in [2.75, 3.05) is 5.32 Å². The Kier molecular flexibility index (Phi) is 3.40. The summed E-state index contributed by atoms with van der Waals surface area (Å²) in [5, 5.41) is 4.07. The molecule has 2 aromatic carbocycles. The first kappa shape index (κ1) is 12.8. The Balaban J connectivity index is 1.96. The first-order valence-electron chi connectivity index (χ1n) is 5.71. The van der Waals surface area contributed by atoms with Gasteiger partial charge in [0.25, 0.3) is 0 Å². The Morgan fingerprint density at radius 3 is 2.84 bits per heavy atom. The molecule has 0 aliphatic carbocycles. The Labute approximate surface area is 127 Å². The van der Waals surface area contributed by atoms with Crippen molar-refractivity contribution in [3.8, 4) is 0 Å². The van der Waals surface area contributed by atoms with Gasteiger partial charge in [-0.1, -0.05) is 17.4 Å². The van der Waals surface area contributed by atoms with Crippen LogP contribution in [0.3, 0.4) is 0 Å². The average molecular weight is 384 g/mol. The molecule has 2 nitrogen and oxygen atoms in total. The normalized spacial score (nSPS) is 10.9. The van der Waals surface area contributed by atoms with Gasteiger partial charge in [0.15, 0.2) is 5.13 Å². The van der Waals surface area contributed by atoms with Gasteiger partial charge in [0.05, 0.1) is 15.9 Å². The fourth-order valence-corrected chi connectivity index (χ4v) is 3.38. The summed E-state index contributed by atoms with van der Waals surface area (Å²) in [6.07, 6.45) is 0. The molecule has 0 spiro atoms. The second-order valence-corrected chi connectivity index (χ2v) is 6.43. The van der Waals surface area contributed by atoms with Crippen molar-refractivity contribution in [2.45, 2.75) is 6.92 Å². The first-order valence-corrected chi connectivity index (χ1v) is 7.60. The van der Waals surface area contributed by atoms with Crippen molar-refractivity contribution >= 4 is 55.0 Å². The maximum Gasteiger partial charge on any atom is 0.188 e. The van der Waals surface area contributed by atoms with E-state index in [2.05, 4.69) is 45.9 Å². The zero-order valence-electron chi connectivity index (χ0n) is 10.1. The molecule has 1 heterocycles. The number of aromatic nitrogens is 1. The van der Waals surface area contributed by atoms with Crippen LogP contribution >= 0.6 is 33.9 Å². The summed E-state index contributed by atoms with van der Waals surface area (Å²) in [6.45, 7) is 2.06. The van der Waals surface area contributed by atoms with E-state index < -0.39 is 0 Å². The number of benzene rings is 2. The second kappa shape index (κ2) is 5.05. The van der Waals surface area contributed by atoms with Crippen LogP contribution in [0.4, 0.5) is 15.2 Å². The monoisotopic (exact) mass is 384 g/mol. The molecule has 0 saturated heterocycles. The van der Waals surface area contributed by atoms with Crippen LogP contribution in [0.2, 0.25) is 0 Å². The number of nitrogens with one attached hydrogen (secondary N) is 1. The van der Waals surface area contributed by atoms with Gasteiger partial charge in [0.1, 0.15) is 5.82 Å². The van der Waals surface area contributed by atoms with Gasteiger partial charge in [-0.3, -0.25) is 0 Å². The molecule has 0 aliphatic heterocycles. The summed E-state index contributed by atoms with van der Waals surface area (Å²) in [5.74, 6) is -0.227. The summed E-state index contributed by atoms with van der Waals surface area (Å²) in [5.41, 5.74) is 3.08. The highest BCUT2D eigenvalue weighted by Gasteiger charge is 2.06. The minimum atomic E-state index is -0.227. The largest absolute Gasteiger partial charge is 0.331 e. The zero-order valence-corrected chi connectivity index (χ0v) is 13.0. The lowest BCUT2D eigenvalue weighted by Gasteiger charge is -2.04. The standard InChI is InChI=1S/C14H10FIN2S/c1-8-2-4-12-13(6-8)19-14(18-12)17-11-5-3-9(15)7-10(11)16/h2-7H,1H3,(H,17,18). The molecular weight excluding hydrogens is 374 g/mol. The molecular formula is C14H10FIN2S. The summed E-state index contributed by atoms with van der Waals surface area (Å²) in [4.78, 5) is 4.52. The number of fused-ring (bicyclic) bond motifs is 1. The van der Waals surface area contributed by atoms with E-state index in [1.807, 2.05) is 12.1 Å². The van der Waals surface area contributed by atoms with E-state index in [9.17, 15) is 4.39 Å². The fourth-order valence-electron chi connectivity index (χ4n) is 1.79. The smallest absolute Gasteiger partial charge is 0.188 e. The van der Waals surface area contributed by atoms with Gasteiger partial charge in [-0.25, -0.2) is 9.37 Å². The lowest BCUT2D eigenvalue weighted by atomic mass is 10.2. The number of anilines is 2. The predicted octanol–water partition coefficient (Wildman–Crippen LogP) is 5.09. The molecule has 5 heteroatoms. The van der Waals surface area contributed by atoms with Crippen LogP contribution in [0.15, 0.2) is 36.4 Å². The van der Waals surface area contributed by atoms with Gasteiger partial charge < -0.3 is 5.32 Å². The Morgan fingerprint density at radius 1 is 1.21 bits per heavy atom. The molecule has 0 atom stereocenters. The SMILES string of the molecule is Cc1ccc2nc(Nc3ccc(F)cc3I)sc2c1. The van der Waals surface area contributed by atoms with Crippen LogP contribution < -0.4 is 5.32 Å². The molecule has 0 bridgehead atoms. The molecule has 1 N–H and O–H groups in total. The van der Waals surface area contributed by atoms with E-state index >= 15 is 0 Å². The van der Waals surface area contributed by atoms with Gasteiger partial charge >= 0.3 is 0 Å². The third kappa shape index (κ3) is 2.71. The maximum atomic E-state index is 13.1. The maximum absolute atomic E-state index is 13.1. The van der Waals surface area contributed by atoms with Crippen molar-refractivity contribution in [3.63, 3.8) is 0 Å². The number of aryl methyl sites for hydroxylation is 1. The number of thiazole rings is 1. The van der Waals surface area contributed by atoms with Gasteiger partial charge in [-0.05, 0) is 65.4 Å². The van der Waals surface area contributed by atoms with Crippen LogP contribution in [-0.2, 0) is 0 Å². The molecule has 3 aromatic rings. The highest BCUT2D eigenvalue weighted by molar-refractivity contribution is 14.1. The molecule has 0 saturated carbocycles. The van der Waals surface area contributed by atoms with Crippen LogP contribution in [0, 0.1) is 16.3 Å². The minimum absolute atomic E-state index is 0.227. The summed E-state index contributed by atoms with van der Waals surface area (Å²) in [6, 6.07) is 10.9. The summed E-state index contributed by atoms with van der Waals surface area (Å²) < 4.78 is 15.0. The molecule has 0 fully saturated rings. The van der Waals surface area contributed by atoms with E-state index in [4.69, 9.17) is 0 Å². The van der Waals surface area contributed by atoms with E-state index in [1.165, 1.54) is 17.7 Å². The lowest BCUT2D eigenvalue weighted by Crippen LogP contribution is -1.92. The van der Waals surface area contributed by atoms with E-state index in [1.54, 1.807) is 17.4 Å². The fraction of sp³-hybridized carbons (Fsp3) is 0.0714. The van der Waals surface area contributed by atoms with Crippen molar-refractivity contribution in [2.24, 2.45) is 0 Å². The number of hydrogen-bond acceptors (Lipinski definition) is 3. The van der Waals surface area contributed by atoms with E-state index in [0.29, 0.717) is 0 Å². The molecule has 19 heavy (non-hydrogen) atoms. The van der Waals surface area contributed by atoms with Crippen LogP contribution in [0.5, 0.6) is 0 Å². The summed E-state index contributed by atoms with van der Waals surface area (Å²) in [7, 11) is 0. The van der Waals surface area contributed by atoms with Crippen LogP contribution in [0.1, 0.15) is 5.56 Å². The number of hydrogen-bond donors (Lipinski definition) is 1. The quantitative estimate of drug-likeness (QED) is 0.623. The summed E-state index contributed by atoms with van der Waals surface area (Å²) >= 11 is 3.71. The highest BCUT2D eigenvalue weighted by atomic mass is 127. The Hall–Kier alpha value is -1.21. The van der Waals surface area contributed by atoms with Crippen LogP contribution in [-0.4, -0.2) is 4.98 Å². The third-order valence-electron chi connectivity index (χ3n) is 2.72. The van der Waals surface area contributed by atoms with Crippen molar-refractivity contribution in [1.29, 1.82) is 0 Å². The molecule has 3 rings (SSSR count). The Bertz CT molecular complexity index is 754. The molecule has 1 aromatic heterocycles. The van der Waals surface area contributed by atoms with Crippen LogP contribution in [0.25, 0.3) is 10.2 Å². The number of halogens is 2. The second-order valence-electron chi connectivity index (χ2n) is 4.24. The minimum Gasteiger partial charge on any atom is -0.331 e. The molecule has 0 unspecified atom stereocenters. The predicted molar refractivity (Wildman–Crippen MR) is 86.8 cm³/mol. The average Bonchev–Trinajstić information content (AvgIpc) is 2.74. The molecule has 0 amide bonds. The number of rotatable bonds is 2. The molecule has 0 aliphatic rings. The third-order valence-corrected chi connectivity index (χ3v) is 4.54. The van der Waals surface area contributed by atoms with Crippen molar-refractivity contribution in [3.05, 3.63) is 51.3 Å². The first-order chi connectivity index (χ1) is 9.11. The van der Waals surface area contributed by atoms with Gasteiger partial charge in [0, 0.05) is 3.57 Å². The van der Waals surface area contributed by atoms with Crippen molar-refractivity contribution in [1.82, 2.24) is 4.98 Å². The van der Waals surface area contributed by atoms with Crippen molar-refractivity contribution < 1.29 is 4.39 Å². The van der Waals surface area contributed by atoms with Gasteiger partial charge in [-0.2, -0.15) is 0 Å². The number of nitrogens with zero attached hydrogens (tertiary/aromatic N) is 1. The van der Waals surface area contributed by atoms with E-state index in [0.717, 1.165) is 24.6 Å². The van der Waals surface area contributed by atoms with Gasteiger partial charge in [-0.15, -0.1) is 0 Å². The highest BCUT2D eigenvalue weighted by Crippen LogP contribution is 2.30. The Morgan fingerprint density at radius 2 is 2.05 bits per heavy atom. The lowest BCUT2D eigenvalue weighted by molar-refractivity contribution is 0.627. The van der Waals surface area contributed by atoms with E-state index in [-0.39, 0.29) is 5.82 Å². The topological polar surface area (TPSA) is 24.9 Å². The zero-order chi connectivity index (χ0) is 13.4. The van der Waals surface area contributed by atoms with Gasteiger partial charge in [0.2, 0.25) is 0 Å². The molecule has 0 radical (unpaired) electrons. The molecule has 96 valence electrons.